The summed E-state index contributed by atoms with van der Waals surface area (Å²) in [5.41, 5.74) is 2.76. The third-order valence-corrected chi connectivity index (χ3v) is 6.28. The van der Waals surface area contributed by atoms with Crippen LogP contribution in [0.2, 0.25) is 5.02 Å². The number of nitrogens with zero attached hydrogens (tertiary/aromatic N) is 2. The minimum Gasteiger partial charge on any atom is -0.339 e. The molecule has 31 heavy (non-hydrogen) atoms. The Labute approximate surface area is 190 Å². The number of carbonyl (C=O) groups is 2. The quantitative estimate of drug-likeness (QED) is 0.531. The minimum atomic E-state index is -0.120. The summed E-state index contributed by atoms with van der Waals surface area (Å²) in [7, 11) is 0. The number of carbonyl (C=O) groups excluding carboxylic acids is 2. The molecule has 7 heteroatoms. The van der Waals surface area contributed by atoms with E-state index in [-0.39, 0.29) is 17.7 Å². The predicted octanol–water partition coefficient (Wildman–Crippen LogP) is 5.35. The fraction of sp³-hybridized carbons (Fsp3) is 0.208. The summed E-state index contributed by atoms with van der Waals surface area (Å²) in [5, 5.41) is 6.10. The molecule has 3 aromatic rings. The SMILES string of the molecule is O=C(Nc1nc(-c2ccc(Cl)cc2)cs1)C1CCN(C(=O)/C=C/c2ccccc2)CC1. The number of thiazole rings is 1. The second-order valence-electron chi connectivity index (χ2n) is 7.38. The van der Waals surface area contributed by atoms with E-state index in [4.69, 9.17) is 11.6 Å². The Balaban J connectivity index is 1.28. The lowest BCUT2D eigenvalue weighted by molar-refractivity contribution is -0.130. The highest BCUT2D eigenvalue weighted by Crippen LogP contribution is 2.27. The Morgan fingerprint density at radius 2 is 1.77 bits per heavy atom. The average Bonchev–Trinajstić information content (AvgIpc) is 3.27. The van der Waals surface area contributed by atoms with Gasteiger partial charge in [-0.3, -0.25) is 9.59 Å². The van der Waals surface area contributed by atoms with Gasteiger partial charge in [-0.05, 0) is 36.6 Å². The summed E-state index contributed by atoms with van der Waals surface area (Å²) >= 11 is 7.33. The van der Waals surface area contributed by atoms with Gasteiger partial charge in [-0.2, -0.15) is 0 Å². The minimum absolute atomic E-state index is 0.0183. The molecule has 1 aliphatic rings. The first-order valence-electron chi connectivity index (χ1n) is 10.1. The van der Waals surface area contributed by atoms with Crippen molar-refractivity contribution in [1.82, 2.24) is 9.88 Å². The van der Waals surface area contributed by atoms with E-state index in [0.29, 0.717) is 36.1 Å². The summed E-state index contributed by atoms with van der Waals surface area (Å²) in [6.45, 7) is 1.15. The maximum absolute atomic E-state index is 12.7. The maximum Gasteiger partial charge on any atom is 0.246 e. The van der Waals surface area contributed by atoms with Crippen molar-refractivity contribution in [2.75, 3.05) is 18.4 Å². The van der Waals surface area contributed by atoms with Crippen molar-refractivity contribution in [2.24, 2.45) is 5.92 Å². The topological polar surface area (TPSA) is 62.3 Å². The number of rotatable bonds is 5. The van der Waals surface area contributed by atoms with Crippen molar-refractivity contribution in [3.63, 3.8) is 0 Å². The van der Waals surface area contributed by atoms with Crippen molar-refractivity contribution in [2.45, 2.75) is 12.8 Å². The molecule has 1 N–H and O–H groups in total. The molecule has 1 aliphatic heterocycles. The van der Waals surface area contributed by atoms with E-state index in [9.17, 15) is 9.59 Å². The average molecular weight is 452 g/mol. The van der Waals surface area contributed by atoms with Crippen molar-refractivity contribution in [1.29, 1.82) is 0 Å². The van der Waals surface area contributed by atoms with E-state index in [1.54, 1.807) is 11.0 Å². The van der Waals surface area contributed by atoms with Crippen LogP contribution < -0.4 is 5.32 Å². The normalized spacial score (nSPS) is 14.7. The Bertz CT molecular complexity index is 1070. The zero-order valence-corrected chi connectivity index (χ0v) is 18.4. The van der Waals surface area contributed by atoms with E-state index < -0.39 is 0 Å². The molecule has 0 radical (unpaired) electrons. The molecule has 4 rings (SSSR count). The molecule has 158 valence electrons. The lowest BCUT2D eigenvalue weighted by Crippen LogP contribution is -2.40. The van der Waals surface area contributed by atoms with Crippen LogP contribution in [0.4, 0.5) is 5.13 Å². The van der Waals surface area contributed by atoms with Gasteiger partial charge in [-0.1, -0.05) is 54.1 Å². The van der Waals surface area contributed by atoms with E-state index in [1.807, 2.05) is 66.1 Å². The first-order valence-corrected chi connectivity index (χ1v) is 11.4. The number of halogens is 1. The first kappa shape index (κ1) is 21.3. The van der Waals surface area contributed by atoms with Crippen LogP contribution in [-0.4, -0.2) is 34.8 Å². The lowest BCUT2D eigenvalue weighted by atomic mass is 9.96. The van der Waals surface area contributed by atoms with Crippen molar-refractivity contribution >= 4 is 46.0 Å². The fourth-order valence-electron chi connectivity index (χ4n) is 3.49. The molecule has 2 heterocycles. The standard InChI is InChI=1S/C24H22ClN3O2S/c25-20-9-7-18(8-10-20)21-16-31-24(26-21)27-23(30)19-12-14-28(15-13-19)22(29)11-6-17-4-2-1-3-5-17/h1-11,16,19H,12-15H2,(H,26,27,30)/b11-6+. The van der Waals surface area contributed by atoms with Crippen molar-refractivity contribution < 1.29 is 9.59 Å². The van der Waals surface area contributed by atoms with Crippen LogP contribution in [0.1, 0.15) is 18.4 Å². The number of hydrogen-bond acceptors (Lipinski definition) is 4. The smallest absolute Gasteiger partial charge is 0.246 e. The third kappa shape index (κ3) is 5.60. The summed E-state index contributed by atoms with van der Waals surface area (Å²) in [6.07, 6.45) is 4.71. The third-order valence-electron chi connectivity index (χ3n) is 5.27. The van der Waals surface area contributed by atoms with Gasteiger partial charge in [0.25, 0.3) is 0 Å². The number of hydrogen-bond donors (Lipinski definition) is 1. The molecule has 2 aromatic carbocycles. The number of anilines is 1. The van der Waals surface area contributed by atoms with Crippen LogP contribution in [0.15, 0.2) is 66.1 Å². The molecule has 0 spiro atoms. The molecule has 0 unspecified atom stereocenters. The number of likely N-dealkylation sites (tertiary alicyclic amines) is 1. The number of benzene rings is 2. The molecular formula is C24H22ClN3O2S. The molecule has 5 nitrogen and oxygen atoms in total. The van der Waals surface area contributed by atoms with Gasteiger partial charge in [-0.25, -0.2) is 4.98 Å². The van der Waals surface area contributed by atoms with E-state index >= 15 is 0 Å². The highest BCUT2D eigenvalue weighted by atomic mass is 35.5. The number of amides is 2. The van der Waals surface area contributed by atoms with Crippen molar-refractivity contribution in [3.8, 4) is 11.3 Å². The molecular weight excluding hydrogens is 430 g/mol. The predicted molar refractivity (Wildman–Crippen MR) is 126 cm³/mol. The Morgan fingerprint density at radius 3 is 2.48 bits per heavy atom. The monoisotopic (exact) mass is 451 g/mol. The molecule has 1 saturated heterocycles. The van der Waals surface area contributed by atoms with Gasteiger partial charge < -0.3 is 10.2 Å². The summed E-state index contributed by atoms with van der Waals surface area (Å²) in [5.74, 6) is -0.177. The largest absolute Gasteiger partial charge is 0.339 e. The van der Waals surface area contributed by atoms with Crippen LogP contribution in [0, 0.1) is 5.92 Å². The Kier molecular flexibility index (Phi) is 6.79. The zero-order chi connectivity index (χ0) is 21.6. The van der Waals surface area contributed by atoms with Gasteiger partial charge in [0.15, 0.2) is 5.13 Å². The van der Waals surface area contributed by atoms with Gasteiger partial charge in [0.2, 0.25) is 11.8 Å². The first-order chi connectivity index (χ1) is 15.1. The lowest BCUT2D eigenvalue weighted by Gasteiger charge is -2.30. The van der Waals surface area contributed by atoms with E-state index in [2.05, 4.69) is 10.3 Å². The number of piperidine rings is 1. The highest BCUT2D eigenvalue weighted by Gasteiger charge is 2.27. The van der Waals surface area contributed by atoms with Crippen LogP contribution >= 0.6 is 22.9 Å². The van der Waals surface area contributed by atoms with Crippen LogP contribution in [0.25, 0.3) is 17.3 Å². The van der Waals surface area contributed by atoms with Gasteiger partial charge in [0.05, 0.1) is 5.69 Å². The Hall–Kier alpha value is -2.96. The Morgan fingerprint density at radius 1 is 1.06 bits per heavy atom. The fourth-order valence-corrected chi connectivity index (χ4v) is 4.34. The number of nitrogens with one attached hydrogen (secondary N) is 1. The number of aromatic nitrogens is 1. The molecule has 0 aliphatic carbocycles. The van der Waals surface area contributed by atoms with E-state index in [1.165, 1.54) is 11.3 Å². The molecule has 0 bridgehead atoms. The summed E-state index contributed by atoms with van der Waals surface area (Å²) in [6, 6.07) is 17.2. The van der Waals surface area contributed by atoms with Crippen LogP contribution in [0.5, 0.6) is 0 Å². The maximum atomic E-state index is 12.7. The van der Waals surface area contributed by atoms with E-state index in [0.717, 1.165) is 16.8 Å². The summed E-state index contributed by atoms with van der Waals surface area (Å²) in [4.78, 5) is 31.4. The molecule has 1 aromatic heterocycles. The van der Waals surface area contributed by atoms with Crippen LogP contribution in [0.3, 0.4) is 0 Å². The molecule has 0 atom stereocenters. The van der Waals surface area contributed by atoms with Crippen LogP contribution in [-0.2, 0) is 9.59 Å². The molecule has 2 amide bonds. The van der Waals surface area contributed by atoms with Gasteiger partial charge in [-0.15, -0.1) is 11.3 Å². The highest BCUT2D eigenvalue weighted by molar-refractivity contribution is 7.14. The molecule has 0 saturated carbocycles. The van der Waals surface area contributed by atoms with Gasteiger partial charge in [0.1, 0.15) is 0 Å². The zero-order valence-electron chi connectivity index (χ0n) is 16.8. The summed E-state index contributed by atoms with van der Waals surface area (Å²) < 4.78 is 0. The molecule has 1 fully saturated rings. The van der Waals surface area contributed by atoms with Gasteiger partial charge in [0, 0.05) is 41.0 Å². The van der Waals surface area contributed by atoms with Gasteiger partial charge >= 0.3 is 0 Å². The second-order valence-corrected chi connectivity index (χ2v) is 8.67. The van der Waals surface area contributed by atoms with Crippen molar-refractivity contribution in [3.05, 3.63) is 76.6 Å². The second kappa shape index (κ2) is 9.90.